The third kappa shape index (κ3) is 2.67. The van der Waals surface area contributed by atoms with Gasteiger partial charge >= 0.3 is 6.03 Å². The average Bonchev–Trinajstić information content (AvgIpc) is 2.15. The van der Waals surface area contributed by atoms with Crippen LogP contribution in [0.2, 0.25) is 0 Å². The summed E-state index contributed by atoms with van der Waals surface area (Å²) in [6.45, 7) is 3.21. The van der Waals surface area contributed by atoms with Crippen molar-refractivity contribution < 1.29 is 9.53 Å². The van der Waals surface area contributed by atoms with Gasteiger partial charge < -0.3 is 15.0 Å². The fraction of sp³-hybridized carbons (Fsp3) is 0.857. The monoisotopic (exact) mass is 172 g/mol. The molecule has 0 bridgehead atoms. The van der Waals surface area contributed by atoms with Crippen molar-refractivity contribution in [1.29, 1.82) is 0 Å². The van der Waals surface area contributed by atoms with Crippen molar-refractivity contribution in [1.82, 2.24) is 16.0 Å². The number of nitrogens with one attached hydrogen (secondary N) is 2. The van der Waals surface area contributed by atoms with Gasteiger partial charge in [-0.1, -0.05) is 0 Å². The van der Waals surface area contributed by atoms with Gasteiger partial charge in [-0.3, -0.25) is 5.73 Å². The molecular formula is C7H14N3O2. The van der Waals surface area contributed by atoms with Crippen molar-refractivity contribution in [2.24, 2.45) is 0 Å². The predicted octanol–water partition coefficient (Wildman–Crippen LogP) is -0.689. The molecule has 5 heteroatoms. The highest BCUT2D eigenvalue weighted by molar-refractivity contribution is 5.74. The number of nitrogens with zero attached hydrogens (tertiary/aromatic N) is 1. The quantitative estimate of drug-likeness (QED) is 0.599. The zero-order valence-electron chi connectivity index (χ0n) is 7.01. The zero-order chi connectivity index (χ0) is 8.81. The third-order valence-electron chi connectivity index (χ3n) is 1.70. The van der Waals surface area contributed by atoms with Crippen LogP contribution in [0.3, 0.4) is 0 Å². The van der Waals surface area contributed by atoms with Crippen LogP contribution in [0.1, 0.15) is 0 Å². The molecule has 0 saturated carbocycles. The molecular weight excluding hydrogens is 158 g/mol. The van der Waals surface area contributed by atoms with Gasteiger partial charge in [-0.25, -0.2) is 4.79 Å². The maximum Gasteiger partial charge on any atom is 0.317 e. The Balaban J connectivity index is 2.20. The number of carbonyl (C=O) groups excluding carboxylic acids is 1. The second-order valence-electron chi connectivity index (χ2n) is 2.58. The van der Waals surface area contributed by atoms with Gasteiger partial charge in [0.1, 0.15) is 0 Å². The Morgan fingerprint density at radius 1 is 1.50 bits per heavy atom. The van der Waals surface area contributed by atoms with Gasteiger partial charge in [-0.2, -0.15) is 0 Å². The molecule has 0 aromatic rings. The first-order valence-electron chi connectivity index (χ1n) is 4.09. The molecule has 12 heavy (non-hydrogen) atoms. The van der Waals surface area contributed by atoms with E-state index < -0.39 is 0 Å². The van der Waals surface area contributed by atoms with Gasteiger partial charge in [-0.05, 0) is 0 Å². The fourth-order valence-electron chi connectivity index (χ4n) is 1.05. The molecule has 0 unspecified atom stereocenters. The molecule has 1 radical (unpaired) electrons. The van der Waals surface area contributed by atoms with E-state index in [-0.39, 0.29) is 12.6 Å². The SMILES string of the molecule is [NH]CCNC(=O)N1CCOCC1. The molecule has 2 amide bonds. The zero-order valence-corrected chi connectivity index (χ0v) is 7.01. The Morgan fingerprint density at radius 2 is 2.17 bits per heavy atom. The van der Waals surface area contributed by atoms with Crippen LogP contribution < -0.4 is 11.1 Å². The molecule has 0 aromatic heterocycles. The first-order chi connectivity index (χ1) is 5.84. The van der Waals surface area contributed by atoms with E-state index in [0.717, 1.165) is 0 Å². The Hall–Kier alpha value is -0.810. The van der Waals surface area contributed by atoms with Crippen molar-refractivity contribution in [2.75, 3.05) is 39.4 Å². The molecule has 1 fully saturated rings. The Morgan fingerprint density at radius 3 is 2.75 bits per heavy atom. The predicted molar refractivity (Wildman–Crippen MR) is 43.8 cm³/mol. The summed E-state index contributed by atoms with van der Waals surface area (Å²) in [6, 6.07) is -0.0782. The summed E-state index contributed by atoms with van der Waals surface area (Å²) in [4.78, 5) is 12.9. The van der Waals surface area contributed by atoms with Gasteiger partial charge in [0.25, 0.3) is 0 Å². The first-order valence-corrected chi connectivity index (χ1v) is 4.09. The van der Waals surface area contributed by atoms with Crippen LogP contribution in [0.5, 0.6) is 0 Å². The summed E-state index contributed by atoms with van der Waals surface area (Å²) in [5, 5.41) is 2.65. The number of morpholine rings is 1. The van der Waals surface area contributed by atoms with Gasteiger partial charge in [0.05, 0.1) is 13.2 Å². The van der Waals surface area contributed by atoms with Crippen LogP contribution in [0.15, 0.2) is 0 Å². The molecule has 1 rings (SSSR count). The van der Waals surface area contributed by atoms with Crippen LogP contribution in [0, 0.1) is 0 Å². The Kier molecular flexibility index (Phi) is 3.83. The van der Waals surface area contributed by atoms with E-state index >= 15 is 0 Å². The summed E-state index contributed by atoms with van der Waals surface area (Å²) in [7, 11) is 0. The summed E-state index contributed by atoms with van der Waals surface area (Å²) in [6.07, 6.45) is 0. The molecule has 2 N–H and O–H groups in total. The first kappa shape index (κ1) is 9.28. The standard InChI is InChI=1S/C7H14N3O2/c8-1-2-9-7(11)10-3-5-12-6-4-10/h8H,1-6H2,(H,9,11). The molecule has 0 spiro atoms. The smallest absolute Gasteiger partial charge is 0.317 e. The number of hydrogen-bond acceptors (Lipinski definition) is 2. The maximum absolute atomic E-state index is 11.2. The van der Waals surface area contributed by atoms with E-state index in [2.05, 4.69) is 5.32 Å². The lowest BCUT2D eigenvalue weighted by atomic mass is 10.4. The van der Waals surface area contributed by atoms with Crippen molar-refractivity contribution in [3.63, 3.8) is 0 Å². The van der Waals surface area contributed by atoms with Crippen LogP contribution in [0.25, 0.3) is 0 Å². The van der Waals surface area contributed by atoms with E-state index in [4.69, 9.17) is 10.5 Å². The summed E-state index contributed by atoms with van der Waals surface area (Å²) >= 11 is 0. The third-order valence-corrected chi connectivity index (χ3v) is 1.70. The van der Waals surface area contributed by atoms with Crippen molar-refractivity contribution >= 4 is 6.03 Å². The number of carbonyl (C=O) groups is 1. The molecule has 0 aromatic carbocycles. The van der Waals surface area contributed by atoms with E-state index in [9.17, 15) is 4.79 Å². The number of rotatable bonds is 2. The molecule has 0 atom stereocenters. The number of urea groups is 1. The van der Waals surface area contributed by atoms with Gasteiger partial charge in [0, 0.05) is 26.2 Å². The second-order valence-corrected chi connectivity index (χ2v) is 2.58. The molecule has 1 saturated heterocycles. The van der Waals surface area contributed by atoms with Crippen molar-refractivity contribution in [3.05, 3.63) is 0 Å². The summed E-state index contributed by atoms with van der Waals surface area (Å²) in [5.41, 5.74) is 6.85. The lowest BCUT2D eigenvalue weighted by molar-refractivity contribution is 0.0533. The maximum atomic E-state index is 11.2. The molecule has 0 aliphatic carbocycles. The van der Waals surface area contributed by atoms with E-state index in [1.165, 1.54) is 0 Å². The van der Waals surface area contributed by atoms with Crippen LogP contribution in [0.4, 0.5) is 4.79 Å². The largest absolute Gasteiger partial charge is 0.378 e. The van der Waals surface area contributed by atoms with Crippen LogP contribution >= 0.6 is 0 Å². The molecule has 1 aliphatic rings. The lowest BCUT2D eigenvalue weighted by Gasteiger charge is -2.26. The Bertz CT molecular complexity index is 146. The number of amides is 2. The van der Waals surface area contributed by atoms with E-state index in [1.807, 2.05) is 0 Å². The minimum Gasteiger partial charge on any atom is -0.378 e. The number of ether oxygens (including phenoxy) is 1. The van der Waals surface area contributed by atoms with Crippen molar-refractivity contribution in [2.45, 2.75) is 0 Å². The fourth-order valence-corrected chi connectivity index (χ4v) is 1.05. The highest BCUT2D eigenvalue weighted by Crippen LogP contribution is 1.96. The highest BCUT2D eigenvalue weighted by atomic mass is 16.5. The highest BCUT2D eigenvalue weighted by Gasteiger charge is 2.15. The Labute approximate surface area is 71.8 Å². The second kappa shape index (κ2) is 4.95. The average molecular weight is 172 g/mol. The van der Waals surface area contributed by atoms with Crippen LogP contribution in [-0.4, -0.2) is 50.3 Å². The van der Waals surface area contributed by atoms with E-state index in [1.54, 1.807) is 4.90 Å². The van der Waals surface area contributed by atoms with Crippen molar-refractivity contribution in [3.8, 4) is 0 Å². The van der Waals surface area contributed by atoms with Crippen LogP contribution in [-0.2, 0) is 4.74 Å². The normalized spacial score (nSPS) is 17.6. The summed E-state index contributed by atoms with van der Waals surface area (Å²) in [5.74, 6) is 0. The van der Waals surface area contributed by atoms with E-state index in [0.29, 0.717) is 32.8 Å². The minimum atomic E-state index is -0.0782. The molecule has 69 valence electrons. The molecule has 5 nitrogen and oxygen atoms in total. The molecule has 1 heterocycles. The summed E-state index contributed by atoms with van der Waals surface area (Å²) < 4.78 is 5.10. The minimum absolute atomic E-state index is 0.0782. The van der Waals surface area contributed by atoms with Gasteiger partial charge in [-0.15, -0.1) is 0 Å². The molecule has 1 aliphatic heterocycles. The van der Waals surface area contributed by atoms with Gasteiger partial charge in [0.15, 0.2) is 0 Å². The van der Waals surface area contributed by atoms with Gasteiger partial charge in [0.2, 0.25) is 0 Å². The topological polar surface area (TPSA) is 65.4 Å². The number of hydrogen-bond donors (Lipinski definition) is 1. The lowest BCUT2D eigenvalue weighted by Crippen LogP contribution is -2.46.